The average Bonchev–Trinajstić information content (AvgIpc) is 2.84. The van der Waals surface area contributed by atoms with E-state index in [0.717, 1.165) is 0 Å². The number of rotatable bonds is 8. The summed E-state index contributed by atoms with van der Waals surface area (Å²) in [5.41, 5.74) is 3.61. The molecule has 0 saturated carbocycles. The molecule has 3 amide bonds. The molecule has 0 saturated heterocycles. The molecule has 0 aliphatic heterocycles. The Hall–Kier alpha value is -4.99. The largest absolute Gasteiger partial charge is 0.482 e. The molecule has 0 bridgehead atoms. The quantitative estimate of drug-likeness (QED) is 0.231. The lowest BCUT2D eigenvalue weighted by Crippen LogP contribution is -2.33. The van der Waals surface area contributed by atoms with Crippen molar-refractivity contribution >= 4 is 41.3 Å². The van der Waals surface area contributed by atoms with E-state index in [2.05, 4.69) is 21.2 Å². The molecule has 3 rings (SSSR count). The summed E-state index contributed by atoms with van der Waals surface area (Å²) in [6.45, 7) is -0.463. The molecule has 3 aromatic carbocycles. The molecule has 3 aromatic rings. The van der Waals surface area contributed by atoms with Crippen molar-refractivity contribution in [3.63, 3.8) is 0 Å². The zero-order chi connectivity index (χ0) is 24.3. The van der Waals surface area contributed by atoms with Gasteiger partial charge in [-0.1, -0.05) is 30.3 Å². The van der Waals surface area contributed by atoms with Gasteiger partial charge in [-0.15, -0.1) is 0 Å². The summed E-state index contributed by atoms with van der Waals surface area (Å²) in [6.07, 6.45) is 1.30. The van der Waals surface area contributed by atoms with Crippen molar-refractivity contribution in [2.75, 3.05) is 17.2 Å². The molecule has 0 heterocycles. The number of benzene rings is 3. The molecule has 0 aromatic heterocycles. The number of nitrogens with one attached hydrogen (secondary N) is 3. The second-order valence-electron chi connectivity index (χ2n) is 6.77. The Morgan fingerprint density at radius 2 is 1.50 bits per heavy atom. The zero-order valence-corrected chi connectivity index (χ0v) is 17.7. The van der Waals surface area contributed by atoms with Crippen LogP contribution >= 0.6 is 0 Å². The van der Waals surface area contributed by atoms with Gasteiger partial charge in [0.2, 0.25) is 0 Å². The number of para-hydroxylation sites is 2. The van der Waals surface area contributed by atoms with Crippen LogP contribution in [0.5, 0.6) is 5.75 Å². The predicted molar refractivity (Wildman–Crippen MR) is 125 cm³/mol. The van der Waals surface area contributed by atoms with E-state index in [-0.39, 0.29) is 11.3 Å². The maximum absolute atomic E-state index is 12.6. The highest BCUT2D eigenvalue weighted by Crippen LogP contribution is 2.17. The third-order valence-electron chi connectivity index (χ3n) is 4.28. The smallest absolute Gasteiger partial charge is 0.341 e. The van der Waals surface area contributed by atoms with Crippen LogP contribution in [0.3, 0.4) is 0 Å². The summed E-state index contributed by atoms with van der Waals surface area (Å²) in [6, 6.07) is 21.4. The van der Waals surface area contributed by atoms with Crippen molar-refractivity contribution in [2.45, 2.75) is 0 Å². The number of hydrogen-bond donors (Lipinski definition) is 4. The summed E-state index contributed by atoms with van der Waals surface area (Å²) < 4.78 is 5.02. The van der Waals surface area contributed by atoms with Gasteiger partial charge in [0.25, 0.3) is 5.91 Å². The van der Waals surface area contributed by atoms with E-state index in [9.17, 15) is 19.2 Å². The van der Waals surface area contributed by atoms with E-state index in [0.29, 0.717) is 17.0 Å². The summed E-state index contributed by atoms with van der Waals surface area (Å²) in [5.74, 6) is -3.22. The van der Waals surface area contributed by atoms with Crippen LogP contribution in [0.2, 0.25) is 0 Å². The molecule has 0 atom stereocenters. The summed E-state index contributed by atoms with van der Waals surface area (Å²) in [4.78, 5) is 47.5. The summed E-state index contributed by atoms with van der Waals surface area (Å²) in [7, 11) is 0. The number of nitrogens with zero attached hydrogens (tertiary/aromatic N) is 1. The van der Waals surface area contributed by atoms with Crippen molar-refractivity contribution in [3.05, 3.63) is 90.0 Å². The number of carboxylic acids is 1. The molecule has 0 spiro atoms. The van der Waals surface area contributed by atoms with E-state index >= 15 is 0 Å². The highest BCUT2D eigenvalue weighted by atomic mass is 16.5. The average molecular weight is 460 g/mol. The molecule has 4 N–H and O–H groups in total. The Morgan fingerprint density at radius 1 is 0.824 bits per heavy atom. The van der Waals surface area contributed by atoms with E-state index in [1.807, 2.05) is 6.07 Å². The monoisotopic (exact) mass is 460 g/mol. The Bertz CT molecular complexity index is 1210. The minimum Gasteiger partial charge on any atom is -0.482 e. The minimum absolute atomic E-state index is 0.164. The van der Waals surface area contributed by atoms with Crippen LogP contribution in [-0.2, 0) is 14.4 Å². The molecule has 0 radical (unpaired) electrons. The van der Waals surface area contributed by atoms with Crippen molar-refractivity contribution in [2.24, 2.45) is 5.10 Å². The fourth-order valence-corrected chi connectivity index (χ4v) is 2.70. The van der Waals surface area contributed by atoms with Crippen LogP contribution in [-0.4, -0.2) is 41.6 Å². The molecule has 10 heteroatoms. The Kier molecular flexibility index (Phi) is 8.06. The standard InChI is InChI=1S/C24H20N4O6/c29-21(30)15-34-18-12-10-16(11-13-18)14-25-28-24(33)23(32)27-20-9-5-4-8-19(20)22(31)26-17-6-2-1-3-7-17/h1-14H,15H2,(H,26,31)(H,27,32)(H,28,33)(H,29,30)/b25-14-. The molecule has 0 fully saturated rings. The summed E-state index contributed by atoms with van der Waals surface area (Å²) in [5, 5.41) is 17.4. The fourth-order valence-electron chi connectivity index (χ4n) is 2.70. The number of carbonyl (C=O) groups is 4. The fraction of sp³-hybridized carbons (Fsp3) is 0.0417. The van der Waals surface area contributed by atoms with Gasteiger partial charge in [-0.3, -0.25) is 14.4 Å². The van der Waals surface area contributed by atoms with Gasteiger partial charge in [0.15, 0.2) is 6.61 Å². The third kappa shape index (κ3) is 7.02. The van der Waals surface area contributed by atoms with Gasteiger partial charge in [0, 0.05) is 5.69 Å². The first kappa shape index (κ1) is 23.7. The van der Waals surface area contributed by atoms with E-state index in [4.69, 9.17) is 9.84 Å². The van der Waals surface area contributed by atoms with E-state index in [1.165, 1.54) is 30.5 Å². The van der Waals surface area contributed by atoms with E-state index < -0.39 is 30.3 Å². The van der Waals surface area contributed by atoms with Crippen LogP contribution in [0.1, 0.15) is 15.9 Å². The van der Waals surface area contributed by atoms with Crippen molar-refractivity contribution in [1.82, 2.24) is 5.43 Å². The number of ether oxygens (including phenoxy) is 1. The zero-order valence-electron chi connectivity index (χ0n) is 17.7. The van der Waals surface area contributed by atoms with Crippen LogP contribution in [0.25, 0.3) is 0 Å². The number of carbonyl (C=O) groups excluding carboxylic acids is 3. The molecule has 0 aliphatic rings. The maximum Gasteiger partial charge on any atom is 0.341 e. The number of amides is 3. The normalized spacial score (nSPS) is 10.4. The van der Waals surface area contributed by atoms with Gasteiger partial charge in [0.05, 0.1) is 17.5 Å². The van der Waals surface area contributed by atoms with Crippen LogP contribution in [0, 0.1) is 0 Å². The van der Waals surface area contributed by atoms with Crippen molar-refractivity contribution in [3.8, 4) is 5.75 Å². The van der Waals surface area contributed by atoms with Gasteiger partial charge < -0.3 is 20.5 Å². The Morgan fingerprint density at radius 3 is 2.21 bits per heavy atom. The third-order valence-corrected chi connectivity index (χ3v) is 4.28. The van der Waals surface area contributed by atoms with Crippen LogP contribution < -0.4 is 20.8 Å². The van der Waals surface area contributed by atoms with Gasteiger partial charge in [-0.05, 0) is 54.1 Å². The molecular weight excluding hydrogens is 440 g/mol. The first-order valence-electron chi connectivity index (χ1n) is 9.97. The molecule has 172 valence electrons. The highest BCUT2D eigenvalue weighted by molar-refractivity contribution is 6.40. The lowest BCUT2D eigenvalue weighted by Gasteiger charge is -2.11. The van der Waals surface area contributed by atoms with E-state index in [1.54, 1.807) is 48.5 Å². The lowest BCUT2D eigenvalue weighted by atomic mass is 10.1. The first-order chi connectivity index (χ1) is 16.4. The summed E-state index contributed by atoms with van der Waals surface area (Å²) >= 11 is 0. The second-order valence-corrected chi connectivity index (χ2v) is 6.77. The van der Waals surface area contributed by atoms with Gasteiger partial charge >= 0.3 is 17.8 Å². The number of aliphatic carboxylic acids is 1. The van der Waals surface area contributed by atoms with Gasteiger partial charge in [0.1, 0.15) is 5.75 Å². The molecule has 0 unspecified atom stereocenters. The van der Waals surface area contributed by atoms with Crippen LogP contribution in [0.15, 0.2) is 84.0 Å². The number of anilines is 2. The second kappa shape index (κ2) is 11.6. The van der Waals surface area contributed by atoms with Crippen molar-refractivity contribution in [1.29, 1.82) is 0 Å². The SMILES string of the molecule is O=C(O)COc1ccc(/C=N\NC(=O)C(=O)Nc2ccccc2C(=O)Nc2ccccc2)cc1. The lowest BCUT2D eigenvalue weighted by molar-refractivity contribution is -0.139. The Labute approximate surface area is 194 Å². The molecular formula is C24H20N4O6. The topological polar surface area (TPSA) is 146 Å². The number of hydrazone groups is 1. The molecule has 0 aliphatic carbocycles. The molecule has 34 heavy (non-hydrogen) atoms. The maximum atomic E-state index is 12.6. The predicted octanol–water partition coefficient (Wildman–Crippen LogP) is 2.49. The number of carboxylic acid groups (broad SMARTS) is 1. The van der Waals surface area contributed by atoms with Gasteiger partial charge in [-0.25, -0.2) is 10.2 Å². The van der Waals surface area contributed by atoms with Crippen LogP contribution in [0.4, 0.5) is 11.4 Å². The molecule has 10 nitrogen and oxygen atoms in total. The highest BCUT2D eigenvalue weighted by Gasteiger charge is 2.17. The Balaban J connectivity index is 1.56. The minimum atomic E-state index is -1.09. The first-order valence-corrected chi connectivity index (χ1v) is 9.97. The van der Waals surface area contributed by atoms with Crippen molar-refractivity contribution < 1.29 is 29.0 Å². The number of hydrogen-bond acceptors (Lipinski definition) is 6. The van der Waals surface area contributed by atoms with Gasteiger partial charge in [-0.2, -0.15) is 5.10 Å².